The van der Waals surface area contributed by atoms with Gasteiger partial charge in [-0.15, -0.1) is 0 Å². The normalized spacial score (nSPS) is 12.5. The first-order valence-corrected chi connectivity index (χ1v) is 7.48. The molecule has 2 aromatic carbocycles. The summed E-state index contributed by atoms with van der Waals surface area (Å²) < 4.78 is 6.74. The third-order valence-corrected chi connectivity index (χ3v) is 3.61. The van der Waals surface area contributed by atoms with E-state index >= 15 is 0 Å². The molecule has 1 N–H and O–H groups in total. The molecule has 2 aromatic rings. The van der Waals surface area contributed by atoms with Crippen LogP contribution >= 0.6 is 15.9 Å². The highest BCUT2D eigenvalue weighted by Gasteiger charge is 2.18. The molecule has 20 heavy (non-hydrogen) atoms. The molecule has 2 rings (SSSR count). The third-order valence-electron chi connectivity index (χ3n) is 3.11. The van der Waals surface area contributed by atoms with Gasteiger partial charge in [0, 0.05) is 10.0 Å². The highest BCUT2D eigenvalue weighted by molar-refractivity contribution is 9.10. The molecule has 0 saturated carbocycles. The van der Waals surface area contributed by atoms with E-state index in [0.29, 0.717) is 0 Å². The predicted octanol–water partition coefficient (Wildman–Crippen LogP) is 4.63. The highest BCUT2D eigenvalue weighted by atomic mass is 79.9. The number of aliphatic hydroxyl groups is 1. The summed E-state index contributed by atoms with van der Waals surface area (Å²) in [6, 6.07) is 13.6. The Kier molecular flexibility index (Phi) is 4.84. The smallest absolute Gasteiger partial charge is 0.125 e. The quantitative estimate of drug-likeness (QED) is 0.883. The van der Waals surface area contributed by atoms with Crippen LogP contribution in [0.15, 0.2) is 46.9 Å². The van der Waals surface area contributed by atoms with E-state index in [2.05, 4.69) is 15.9 Å². The van der Waals surface area contributed by atoms with Gasteiger partial charge in [0.25, 0.3) is 0 Å². The lowest BCUT2D eigenvalue weighted by atomic mass is 9.97. The summed E-state index contributed by atoms with van der Waals surface area (Å²) in [5, 5.41) is 10.7. The number of halogens is 1. The van der Waals surface area contributed by atoms with Crippen molar-refractivity contribution < 1.29 is 9.84 Å². The second-order valence-corrected chi connectivity index (χ2v) is 6.02. The molecule has 0 aliphatic rings. The van der Waals surface area contributed by atoms with Crippen LogP contribution in [0.3, 0.4) is 0 Å². The van der Waals surface area contributed by atoms with E-state index in [0.717, 1.165) is 26.9 Å². The van der Waals surface area contributed by atoms with Crippen LogP contribution < -0.4 is 4.74 Å². The zero-order valence-corrected chi connectivity index (χ0v) is 13.5. The Morgan fingerprint density at radius 3 is 2.45 bits per heavy atom. The summed E-state index contributed by atoms with van der Waals surface area (Å²) in [6.07, 6.45) is -0.616. The van der Waals surface area contributed by atoms with Gasteiger partial charge in [-0.2, -0.15) is 0 Å². The van der Waals surface area contributed by atoms with Crippen molar-refractivity contribution in [1.82, 2.24) is 0 Å². The fourth-order valence-electron chi connectivity index (χ4n) is 2.14. The van der Waals surface area contributed by atoms with Gasteiger partial charge >= 0.3 is 0 Å². The third kappa shape index (κ3) is 3.41. The number of benzene rings is 2. The Morgan fingerprint density at radius 2 is 1.75 bits per heavy atom. The summed E-state index contributed by atoms with van der Waals surface area (Å²) in [4.78, 5) is 0. The molecule has 1 atom stereocenters. The van der Waals surface area contributed by atoms with Crippen molar-refractivity contribution in [3.63, 3.8) is 0 Å². The zero-order chi connectivity index (χ0) is 14.7. The SMILES string of the molecule is Cc1ccc(Br)cc1C(O)c1ccccc1OC(C)C. The van der Waals surface area contributed by atoms with Gasteiger partial charge in [0.05, 0.1) is 6.10 Å². The van der Waals surface area contributed by atoms with E-state index in [4.69, 9.17) is 4.74 Å². The van der Waals surface area contributed by atoms with Gasteiger partial charge in [-0.1, -0.05) is 40.2 Å². The Bertz CT molecular complexity index is 593. The summed E-state index contributed by atoms with van der Waals surface area (Å²) in [5.74, 6) is 0.731. The van der Waals surface area contributed by atoms with Gasteiger partial charge < -0.3 is 9.84 Å². The van der Waals surface area contributed by atoms with Crippen molar-refractivity contribution >= 4 is 15.9 Å². The molecule has 0 radical (unpaired) electrons. The van der Waals surface area contributed by atoms with E-state index in [1.54, 1.807) is 0 Å². The largest absolute Gasteiger partial charge is 0.491 e. The molecule has 3 heteroatoms. The van der Waals surface area contributed by atoms with Gasteiger partial charge in [0.2, 0.25) is 0 Å². The molecule has 1 unspecified atom stereocenters. The summed E-state index contributed by atoms with van der Waals surface area (Å²) >= 11 is 3.45. The molecule has 0 amide bonds. The fraction of sp³-hybridized carbons (Fsp3) is 0.294. The lowest BCUT2D eigenvalue weighted by Gasteiger charge is -2.19. The van der Waals surface area contributed by atoms with E-state index in [9.17, 15) is 5.11 Å². The first-order valence-electron chi connectivity index (χ1n) is 6.68. The summed E-state index contributed by atoms with van der Waals surface area (Å²) in [5.41, 5.74) is 2.74. The van der Waals surface area contributed by atoms with Crippen LogP contribution in [-0.4, -0.2) is 11.2 Å². The average molecular weight is 335 g/mol. The maximum absolute atomic E-state index is 10.7. The van der Waals surface area contributed by atoms with Crippen LogP contribution in [0.5, 0.6) is 5.75 Å². The molecule has 0 saturated heterocycles. The van der Waals surface area contributed by atoms with Gasteiger partial charge in [0.1, 0.15) is 11.9 Å². The molecular formula is C17H19BrO2. The van der Waals surface area contributed by atoms with Crippen LogP contribution in [-0.2, 0) is 0 Å². The Labute approximate surface area is 128 Å². The maximum atomic E-state index is 10.7. The van der Waals surface area contributed by atoms with E-state index in [-0.39, 0.29) is 6.10 Å². The lowest BCUT2D eigenvalue weighted by Crippen LogP contribution is -2.10. The second kappa shape index (κ2) is 6.42. The number of aliphatic hydroxyl groups excluding tert-OH is 1. The standard InChI is InChI=1S/C17H19BrO2/c1-11(2)20-16-7-5-4-6-14(16)17(19)15-10-13(18)9-8-12(15)3/h4-11,17,19H,1-3H3. The van der Waals surface area contributed by atoms with Gasteiger partial charge in [-0.25, -0.2) is 0 Å². The molecular weight excluding hydrogens is 316 g/mol. The van der Waals surface area contributed by atoms with Crippen LogP contribution in [0.1, 0.15) is 36.6 Å². The monoisotopic (exact) mass is 334 g/mol. The van der Waals surface area contributed by atoms with Crippen LogP contribution in [0, 0.1) is 6.92 Å². The number of ether oxygens (including phenoxy) is 1. The lowest BCUT2D eigenvalue weighted by molar-refractivity contribution is 0.197. The van der Waals surface area contributed by atoms with Crippen LogP contribution in [0.4, 0.5) is 0 Å². The molecule has 2 nitrogen and oxygen atoms in total. The predicted molar refractivity (Wildman–Crippen MR) is 85.1 cm³/mol. The average Bonchev–Trinajstić information content (AvgIpc) is 2.41. The number of hydrogen-bond acceptors (Lipinski definition) is 2. The van der Waals surface area contributed by atoms with Crippen molar-refractivity contribution in [1.29, 1.82) is 0 Å². The molecule has 0 aliphatic carbocycles. The Balaban J connectivity index is 2.42. The van der Waals surface area contributed by atoms with Crippen molar-refractivity contribution in [2.24, 2.45) is 0 Å². The van der Waals surface area contributed by atoms with Crippen molar-refractivity contribution in [2.45, 2.75) is 33.0 Å². The molecule has 0 fully saturated rings. The van der Waals surface area contributed by atoms with Gasteiger partial charge in [-0.3, -0.25) is 0 Å². The molecule has 0 spiro atoms. The first kappa shape index (κ1) is 15.1. The fourth-order valence-corrected chi connectivity index (χ4v) is 2.52. The molecule has 0 aliphatic heterocycles. The van der Waals surface area contributed by atoms with Crippen molar-refractivity contribution in [3.8, 4) is 5.75 Å². The zero-order valence-electron chi connectivity index (χ0n) is 11.9. The number of para-hydroxylation sites is 1. The van der Waals surface area contributed by atoms with Gasteiger partial charge in [0.15, 0.2) is 0 Å². The van der Waals surface area contributed by atoms with Crippen molar-refractivity contribution in [2.75, 3.05) is 0 Å². The van der Waals surface area contributed by atoms with E-state index < -0.39 is 6.10 Å². The minimum absolute atomic E-state index is 0.0759. The van der Waals surface area contributed by atoms with Crippen LogP contribution in [0.25, 0.3) is 0 Å². The van der Waals surface area contributed by atoms with Crippen LogP contribution in [0.2, 0.25) is 0 Å². The van der Waals surface area contributed by atoms with Crippen molar-refractivity contribution in [3.05, 3.63) is 63.6 Å². The molecule has 0 bridgehead atoms. The van der Waals surface area contributed by atoms with E-state index in [1.165, 1.54) is 0 Å². The molecule has 106 valence electrons. The number of aryl methyl sites for hydroxylation is 1. The first-order chi connectivity index (χ1) is 9.49. The maximum Gasteiger partial charge on any atom is 0.125 e. The number of hydrogen-bond donors (Lipinski definition) is 1. The summed E-state index contributed by atoms with van der Waals surface area (Å²) in [6.45, 7) is 5.96. The minimum atomic E-state index is -0.692. The second-order valence-electron chi connectivity index (χ2n) is 5.11. The molecule has 0 heterocycles. The number of rotatable bonds is 4. The highest BCUT2D eigenvalue weighted by Crippen LogP contribution is 2.33. The topological polar surface area (TPSA) is 29.5 Å². The Morgan fingerprint density at radius 1 is 1.05 bits per heavy atom. The minimum Gasteiger partial charge on any atom is -0.491 e. The van der Waals surface area contributed by atoms with Gasteiger partial charge in [-0.05, 0) is 50.1 Å². The molecule has 0 aromatic heterocycles. The van der Waals surface area contributed by atoms with E-state index in [1.807, 2.05) is 63.2 Å². The Hall–Kier alpha value is -1.32. The summed E-state index contributed by atoms with van der Waals surface area (Å²) in [7, 11) is 0.